The molecular weight excluding hydrogens is 645 g/mol. The van der Waals surface area contributed by atoms with Gasteiger partial charge in [-0.1, -0.05) is 13.0 Å². The molecule has 4 bridgehead atoms. The lowest BCUT2D eigenvalue weighted by Gasteiger charge is -2.24. The van der Waals surface area contributed by atoms with Crippen LogP contribution in [0.2, 0.25) is 0 Å². The van der Waals surface area contributed by atoms with E-state index in [0.717, 1.165) is 12.1 Å². The van der Waals surface area contributed by atoms with Gasteiger partial charge in [-0.25, -0.2) is 4.39 Å². The first-order valence-corrected chi connectivity index (χ1v) is 16.9. The Morgan fingerprint density at radius 1 is 0.900 bits per heavy atom. The number of ether oxygens (including phenoxy) is 2. The molecule has 3 aliphatic rings. The number of nitrogens with zero attached hydrogens (tertiary/aromatic N) is 2. The standard InChI is InChI=1S/C37H42FN5O7/c1-3-29-36(47)40-23-24-9-15-30(28(38)21-24)50-32-22-26(12-16-31(32)49-2)35(46)39-17-6-19-42(18-4-7-33(44)41-29)37(48)25-10-13-27(14-11-25)43-20-5-8-34(43)45/h9-16,21-22,29H,3-8,17-20,23H2,1-2H3,(H,39,46)(H,40,47)(H,41,44)/t29-/m0/s1. The Balaban J connectivity index is 1.34. The van der Waals surface area contributed by atoms with Crippen molar-refractivity contribution in [2.75, 3.05) is 38.2 Å². The number of anilines is 1. The van der Waals surface area contributed by atoms with E-state index in [4.69, 9.17) is 9.47 Å². The predicted octanol–water partition coefficient (Wildman–Crippen LogP) is 4.32. The van der Waals surface area contributed by atoms with Crippen molar-refractivity contribution in [2.45, 2.75) is 58.0 Å². The molecule has 5 amide bonds. The quantitative estimate of drug-likeness (QED) is 0.370. The molecule has 0 saturated carbocycles. The topological polar surface area (TPSA) is 146 Å². The van der Waals surface area contributed by atoms with Crippen LogP contribution < -0.4 is 30.3 Å². The molecule has 3 aromatic carbocycles. The Labute approximate surface area is 290 Å². The Morgan fingerprint density at radius 3 is 2.36 bits per heavy atom. The van der Waals surface area contributed by atoms with Gasteiger partial charge in [0.1, 0.15) is 6.04 Å². The normalized spacial score (nSPS) is 18.2. The number of hydrogen-bond donors (Lipinski definition) is 3. The van der Waals surface area contributed by atoms with Crippen molar-refractivity contribution in [3.63, 3.8) is 0 Å². The van der Waals surface area contributed by atoms with Crippen LogP contribution >= 0.6 is 0 Å². The second kappa shape index (κ2) is 16.8. The molecule has 50 heavy (non-hydrogen) atoms. The van der Waals surface area contributed by atoms with Crippen molar-refractivity contribution >= 4 is 35.2 Å². The van der Waals surface area contributed by atoms with E-state index in [-0.39, 0.29) is 60.8 Å². The highest BCUT2D eigenvalue weighted by Gasteiger charge is 2.24. The minimum Gasteiger partial charge on any atom is -0.493 e. The summed E-state index contributed by atoms with van der Waals surface area (Å²) >= 11 is 0. The van der Waals surface area contributed by atoms with Gasteiger partial charge in [-0.3, -0.25) is 24.0 Å². The van der Waals surface area contributed by atoms with Crippen molar-refractivity contribution in [2.24, 2.45) is 0 Å². The fraction of sp³-hybridized carbons (Fsp3) is 0.378. The van der Waals surface area contributed by atoms with Gasteiger partial charge in [0.25, 0.3) is 11.8 Å². The summed E-state index contributed by atoms with van der Waals surface area (Å²) < 4.78 is 26.3. The van der Waals surface area contributed by atoms with E-state index in [9.17, 15) is 24.0 Å². The summed E-state index contributed by atoms with van der Waals surface area (Å²) in [6.07, 6.45) is 2.47. The Hall–Kier alpha value is -5.46. The fourth-order valence-electron chi connectivity index (χ4n) is 5.89. The van der Waals surface area contributed by atoms with Crippen molar-refractivity contribution in [1.29, 1.82) is 0 Å². The van der Waals surface area contributed by atoms with Crippen LogP contribution in [0.3, 0.4) is 0 Å². The summed E-state index contributed by atoms with van der Waals surface area (Å²) in [5, 5.41) is 8.36. The van der Waals surface area contributed by atoms with Gasteiger partial charge in [0.15, 0.2) is 23.1 Å². The fourth-order valence-corrected chi connectivity index (χ4v) is 5.89. The third-order valence-corrected chi connectivity index (χ3v) is 8.68. The molecule has 3 heterocycles. The lowest BCUT2D eigenvalue weighted by molar-refractivity contribution is -0.129. The number of rotatable bonds is 4. The molecule has 0 spiro atoms. The number of amides is 5. The molecule has 3 aromatic rings. The largest absolute Gasteiger partial charge is 0.493 e. The van der Waals surface area contributed by atoms with Crippen LogP contribution in [0.25, 0.3) is 0 Å². The lowest BCUT2D eigenvalue weighted by atomic mass is 10.1. The first-order valence-electron chi connectivity index (χ1n) is 16.9. The maximum atomic E-state index is 15.1. The van der Waals surface area contributed by atoms with Crippen molar-refractivity contribution in [3.8, 4) is 17.2 Å². The van der Waals surface area contributed by atoms with Gasteiger partial charge in [0.2, 0.25) is 17.7 Å². The molecule has 12 nitrogen and oxygen atoms in total. The number of carbonyl (C=O) groups is 5. The Bertz CT molecular complexity index is 1730. The molecule has 1 fully saturated rings. The van der Waals surface area contributed by atoms with E-state index in [2.05, 4.69) is 16.0 Å². The molecule has 3 aliphatic heterocycles. The zero-order valence-electron chi connectivity index (χ0n) is 28.3. The molecule has 0 aliphatic carbocycles. The number of halogens is 1. The van der Waals surface area contributed by atoms with Crippen molar-refractivity contribution in [1.82, 2.24) is 20.9 Å². The minimum absolute atomic E-state index is 0.0216. The summed E-state index contributed by atoms with van der Waals surface area (Å²) in [6.45, 7) is 3.23. The van der Waals surface area contributed by atoms with E-state index in [0.29, 0.717) is 55.6 Å². The van der Waals surface area contributed by atoms with Crippen LogP contribution in [0.15, 0.2) is 60.7 Å². The summed E-state index contributed by atoms with van der Waals surface area (Å²) in [4.78, 5) is 68.1. The maximum Gasteiger partial charge on any atom is 0.253 e. The van der Waals surface area contributed by atoms with E-state index < -0.39 is 23.7 Å². The Morgan fingerprint density at radius 2 is 1.66 bits per heavy atom. The van der Waals surface area contributed by atoms with Crippen LogP contribution in [0.5, 0.6) is 17.2 Å². The second-order valence-electron chi connectivity index (χ2n) is 12.2. The molecule has 0 unspecified atom stereocenters. The number of carbonyl (C=O) groups excluding carboxylic acids is 5. The highest BCUT2D eigenvalue weighted by atomic mass is 19.1. The van der Waals surface area contributed by atoms with Gasteiger partial charge >= 0.3 is 0 Å². The van der Waals surface area contributed by atoms with Crippen molar-refractivity contribution < 1.29 is 37.8 Å². The van der Waals surface area contributed by atoms with Crippen LogP contribution in [0, 0.1) is 5.82 Å². The molecule has 1 atom stereocenters. The summed E-state index contributed by atoms with van der Waals surface area (Å²) in [6, 6.07) is 14.9. The zero-order valence-corrected chi connectivity index (χ0v) is 28.3. The number of benzene rings is 3. The van der Waals surface area contributed by atoms with Gasteiger partial charge in [-0.2, -0.15) is 0 Å². The smallest absolute Gasteiger partial charge is 0.253 e. The molecule has 6 rings (SSSR count). The van der Waals surface area contributed by atoms with Crippen LogP contribution in [-0.2, 0) is 20.9 Å². The molecule has 13 heteroatoms. The molecule has 0 radical (unpaired) electrons. The summed E-state index contributed by atoms with van der Waals surface area (Å²) in [7, 11) is 1.43. The van der Waals surface area contributed by atoms with Gasteiger partial charge in [-0.05, 0) is 85.8 Å². The summed E-state index contributed by atoms with van der Waals surface area (Å²) in [5.41, 5.74) is 1.91. The average molecular weight is 688 g/mol. The average Bonchev–Trinajstić information content (AvgIpc) is 3.56. The number of fused-ring (bicyclic) bond motifs is 16. The number of nitrogens with one attached hydrogen (secondary N) is 3. The minimum atomic E-state index is -0.793. The van der Waals surface area contributed by atoms with Crippen LogP contribution in [0.1, 0.15) is 71.7 Å². The molecule has 264 valence electrons. The predicted molar refractivity (Wildman–Crippen MR) is 184 cm³/mol. The lowest BCUT2D eigenvalue weighted by Crippen LogP contribution is -2.46. The summed E-state index contributed by atoms with van der Waals surface area (Å²) in [5.74, 6) is -1.68. The third kappa shape index (κ3) is 8.95. The molecular formula is C37H42FN5O7. The monoisotopic (exact) mass is 687 g/mol. The van der Waals surface area contributed by atoms with Gasteiger partial charge in [-0.15, -0.1) is 0 Å². The molecule has 3 N–H and O–H groups in total. The zero-order chi connectivity index (χ0) is 35.6. The van der Waals surface area contributed by atoms with Crippen LogP contribution in [-0.4, -0.2) is 73.8 Å². The van der Waals surface area contributed by atoms with Gasteiger partial charge in [0, 0.05) is 62.4 Å². The Kier molecular flexibility index (Phi) is 12.0. The van der Waals surface area contributed by atoms with E-state index in [1.807, 2.05) is 0 Å². The highest BCUT2D eigenvalue weighted by Crippen LogP contribution is 2.34. The molecule has 1 saturated heterocycles. The van der Waals surface area contributed by atoms with E-state index >= 15 is 4.39 Å². The van der Waals surface area contributed by atoms with Gasteiger partial charge < -0.3 is 35.2 Å². The SMILES string of the molecule is CC[C@@H]1NC(=O)CCCN(C(=O)c2ccc(N3CCCC3=O)cc2)CCCNC(=O)c2ccc(OC)c(c2)Oc2ccc(cc2F)CNC1=O. The number of hydrogen-bond acceptors (Lipinski definition) is 7. The first-order chi connectivity index (χ1) is 24.2. The maximum absolute atomic E-state index is 15.1. The van der Waals surface area contributed by atoms with E-state index in [1.54, 1.807) is 59.2 Å². The van der Waals surface area contributed by atoms with E-state index in [1.165, 1.54) is 25.3 Å². The highest BCUT2D eigenvalue weighted by molar-refractivity contribution is 5.98. The molecule has 0 aromatic heterocycles. The second-order valence-corrected chi connectivity index (χ2v) is 12.2. The number of methoxy groups -OCH3 is 1. The van der Waals surface area contributed by atoms with Crippen molar-refractivity contribution in [3.05, 3.63) is 83.2 Å². The van der Waals surface area contributed by atoms with Crippen LogP contribution in [0.4, 0.5) is 10.1 Å². The van der Waals surface area contributed by atoms with Gasteiger partial charge in [0.05, 0.1) is 7.11 Å². The first kappa shape index (κ1) is 35.8. The third-order valence-electron chi connectivity index (χ3n) is 8.68.